The molecule has 0 radical (unpaired) electrons. The van der Waals surface area contributed by atoms with Crippen LogP contribution in [0.25, 0.3) is 0 Å². The van der Waals surface area contributed by atoms with E-state index in [0.717, 1.165) is 24.6 Å². The third kappa shape index (κ3) is 3.52. The van der Waals surface area contributed by atoms with Gasteiger partial charge in [-0.15, -0.1) is 19.7 Å². The van der Waals surface area contributed by atoms with Crippen LogP contribution >= 0.6 is 0 Å². The molecular formula is C14H21LiSi. The van der Waals surface area contributed by atoms with Crippen molar-refractivity contribution >= 4 is 26.9 Å². The third-order valence-electron chi connectivity index (χ3n) is 3.06. The van der Waals surface area contributed by atoms with Crippen LogP contribution in [0.15, 0.2) is 61.4 Å². The van der Waals surface area contributed by atoms with Crippen molar-refractivity contribution in [1.29, 1.82) is 0 Å². The summed E-state index contributed by atoms with van der Waals surface area (Å²) in [6.07, 6.45) is 14.0. The zero-order valence-corrected chi connectivity index (χ0v) is 10.4. The molecule has 0 aromatic carbocycles. The molecule has 0 atom stereocenters. The van der Waals surface area contributed by atoms with E-state index in [1.54, 1.807) is 5.20 Å². The van der Waals surface area contributed by atoms with Gasteiger partial charge in [0.2, 0.25) is 0 Å². The molecule has 0 aromatic rings. The summed E-state index contributed by atoms with van der Waals surface area (Å²) < 4.78 is 0. The Morgan fingerprint density at radius 1 is 1.06 bits per heavy atom. The first-order valence-corrected chi connectivity index (χ1v) is 8.10. The van der Waals surface area contributed by atoms with E-state index in [1.165, 1.54) is 0 Å². The second-order valence-corrected chi connectivity index (χ2v) is 8.51. The van der Waals surface area contributed by atoms with Gasteiger partial charge in [-0.1, -0.05) is 41.7 Å². The fourth-order valence-electron chi connectivity index (χ4n) is 2.31. The molecule has 0 nitrogen and oxygen atoms in total. The van der Waals surface area contributed by atoms with E-state index < -0.39 is 8.07 Å². The maximum absolute atomic E-state index is 3.90. The summed E-state index contributed by atoms with van der Waals surface area (Å²) in [7, 11) is -1.42. The average Bonchev–Trinajstić information content (AvgIpc) is 2.72. The van der Waals surface area contributed by atoms with Gasteiger partial charge in [0, 0.05) is 0 Å². The summed E-state index contributed by atoms with van der Waals surface area (Å²) in [6.45, 7) is 11.7. The van der Waals surface area contributed by atoms with Crippen molar-refractivity contribution in [2.75, 3.05) is 0 Å². The molecule has 0 amide bonds. The van der Waals surface area contributed by atoms with Gasteiger partial charge in [0.15, 0.2) is 0 Å². The van der Waals surface area contributed by atoms with E-state index >= 15 is 0 Å². The third-order valence-corrected chi connectivity index (χ3v) is 8.00. The van der Waals surface area contributed by atoms with Crippen LogP contribution in [0.3, 0.4) is 0 Å². The Balaban J connectivity index is 0.00000225. The van der Waals surface area contributed by atoms with Crippen LogP contribution in [-0.2, 0) is 0 Å². The molecule has 1 aliphatic carbocycles. The van der Waals surface area contributed by atoms with E-state index in [1.807, 2.05) is 0 Å². The Labute approximate surface area is 113 Å². The van der Waals surface area contributed by atoms with Crippen LogP contribution in [-0.4, -0.2) is 26.9 Å². The first-order valence-electron chi connectivity index (χ1n) is 5.48. The first kappa shape index (κ1) is 15.5. The summed E-state index contributed by atoms with van der Waals surface area (Å²) in [6, 6.07) is 3.41. The van der Waals surface area contributed by atoms with Crippen LogP contribution in [0.5, 0.6) is 0 Å². The summed E-state index contributed by atoms with van der Waals surface area (Å²) in [5.74, 6) is 0. The molecule has 0 saturated heterocycles. The molecule has 0 spiro atoms. The van der Waals surface area contributed by atoms with E-state index in [9.17, 15) is 0 Å². The molecule has 0 unspecified atom stereocenters. The van der Waals surface area contributed by atoms with E-state index in [-0.39, 0.29) is 18.9 Å². The summed E-state index contributed by atoms with van der Waals surface area (Å²) in [5.41, 5.74) is 0. The van der Waals surface area contributed by atoms with Crippen LogP contribution < -0.4 is 0 Å². The molecule has 0 fully saturated rings. The van der Waals surface area contributed by atoms with Crippen molar-refractivity contribution in [3.63, 3.8) is 0 Å². The normalized spacial score (nSPS) is 13.9. The molecule has 1 rings (SSSR count). The summed E-state index contributed by atoms with van der Waals surface area (Å²) >= 11 is 0. The second-order valence-electron chi connectivity index (χ2n) is 4.08. The van der Waals surface area contributed by atoms with Gasteiger partial charge in [0.25, 0.3) is 0 Å². The molecule has 0 bridgehead atoms. The van der Waals surface area contributed by atoms with Crippen LogP contribution in [0.4, 0.5) is 0 Å². The Bertz CT molecular complexity index is 286. The average molecular weight is 224 g/mol. The summed E-state index contributed by atoms with van der Waals surface area (Å²) in [5, 5.41) is 1.63. The van der Waals surface area contributed by atoms with Crippen LogP contribution in [0, 0.1) is 0 Å². The van der Waals surface area contributed by atoms with Gasteiger partial charge >= 0.3 is 18.9 Å². The van der Waals surface area contributed by atoms with Crippen LogP contribution in [0.1, 0.15) is 6.42 Å². The van der Waals surface area contributed by atoms with Crippen molar-refractivity contribution in [2.45, 2.75) is 24.6 Å². The van der Waals surface area contributed by atoms with Crippen molar-refractivity contribution in [1.82, 2.24) is 0 Å². The molecule has 0 aliphatic heterocycles. The van der Waals surface area contributed by atoms with Gasteiger partial charge in [-0.2, -0.15) is 0 Å². The SMILES string of the molecule is C=CC[Si](CC=C)(CC=C)C1=CC=CC1.[LiH]. The Kier molecular flexibility index (Phi) is 7.50. The fourth-order valence-corrected chi connectivity index (χ4v) is 6.26. The standard InChI is InChI=1S/C14H20Si.Li.H/c1-4-11-15(12-5-2,13-6-3)14-9-7-8-10-14;;/h4-9H,1-3,10-13H2;;. The monoisotopic (exact) mass is 224 g/mol. The second kappa shape index (κ2) is 7.73. The molecule has 0 heterocycles. The molecule has 0 aromatic heterocycles. The van der Waals surface area contributed by atoms with Gasteiger partial charge in [-0.25, -0.2) is 0 Å². The van der Waals surface area contributed by atoms with Gasteiger partial charge < -0.3 is 0 Å². The predicted octanol–water partition coefficient (Wildman–Crippen LogP) is 3.77. The van der Waals surface area contributed by atoms with E-state index in [4.69, 9.17) is 0 Å². The zero-order chi connectivity index (χ0) is 11.1. The molecule has 0 N–H and O–H groups in total. The quantitative estimate of drug-likeness (QED) is 0.456. The molecule has 16 heavy (non-hydrogen) atoms. The summed E-state index contributed by atoms with van der Waals surface area (Å²) in [4.78, 5) is 0. The number of hydrogen-bond donors (Lipinski definition) is 0. The van der Waals surface area contributed by atoms with Gasteiger partial charge in [0.1, 0.15) is 0 Å². The van der Waals surface area contributed by atoms with Crippen molar-refractivity contribution in [3.05, 3.63) is 61.4 Å². The Hall–Kier alpha value is -0.486. The number of allylic oxidation sites excluding steroid dienone is 7. The van der Waals surface area contributed by atoms with Crippen molar-refractivity contribution < 1.29 is 0 Å². The Morgan fingerprint density at radius 2 is 1.56 bits per heavy atom. The van der Waals surface area contributed by atoms with E-state index in [0.29, 0.717) is 0 Å². The van der Waals surface area contributed by atoms with Crippen molar-refractivity contribution in [2.24, 2.45) is 0 Å². The number of rotatable bonds is 7. The van der Waals surface area contributed by atoms with Gasteiger partial charge in [0.05, 0.1) is 8.07 Å². The molecule has 0 saturated carbocycles. The van der Waals surface area contributed by atoms with Gasteiger partial charge in [-0.05, 0) is 24.6 Å². The Morgan fingerprint density at radius 3 is 1.88 bits per heavy atom. The van der Waals surface area contributed by atoms with E-state index in [2.05, 4.69) is 56.2 Å². The first-order chi connectivity index (χ1) is 7.29. The van der Waals surface area contributed by atoms with Crippen molar-refractivity contribution in [3.8, 4) is 0 Å². The number of hydrogen-bond acceptors (Lipinski definition) is 0. The maximum atomic E-state index is 3.90. The molecular weight excluding hydrogens is 203 g/mol. The molecule has 1 aliphatic rings. The van der Waals surface area contributed by atoms with Gasteiger partial charge in [-0.3, -0.25) is 0 Å². The molecule has 2 heteroatoms. The zero-order valence-electron chi connectivity index (χ0n) is 9.41. The topological polar surface area (TPSA) is 0 Å². The minimum atomic E-state index is -1.42. The predicted molar refractivity (Wildman–Crippen MR) is 79.8 cm³/mol. The fraction of sp³-hybridized carbons (Fsp3) is 0.286. The molecule has 82 valence electrons. The minimum absolute atomic E-state index is 0. The van der Waals surface area contributed by atoms with Crippen LogP contribution in [0.2, 0.25) is 18.1 Å².